The van der Waals surface area contributed by atoms with Gasteiger partial charge in [0.1, 0.15) is 0 Å². The number of piperidine rings is 1. The maximum absolute atomic E-state index is 12.8. The average molecular weight is 353 g/mol. The van der Waals surface area contributed by atoms with E-state index in [4.69, 9.17) is 9.47 Å². The molecule has 0 bridgehead atoms. The fourth-order valence-corrected chi connectivity index (χ4v) is 3.69. The standard InChI is InChI=1S/C20H23N3O3/c1-25-18-11-15(10-14-6-9-26-19(14)18)20(24)22-16-4-3-8-23(13-16)17-5-2-7-21-12-17/h2,5,7,10-12,16H,3-4,6,8-9,13H2,1H3,(H,22,24). The highest BCUT2D eigenvalue weighted by Gasteiger charge is 2.25. The number of nitrogens with one attached hydrogen (secondary N) is 1. The van der Waals surface area contributed by atoms with Gasteiger partial charge in [0.15, 0.2) is 11.5 Å². The van der Waals surface area contributed by atoms with Crippen molar-refractivity contribution in [1.29, 1.82) is 0 Å². The van der Waals surface area contributed by atoms with Crippen molar-refractivity contribution >= 4 is 11.6 Å². The molecule has 2 aliphatic heterocycles. The number of pyridine rings is 1. The van der Waals surface area contributed by atoms with E-state index in [1.165, 1.54) is 0 Å². The predicted octanol–water partition coefficient (Wildman–Crippen LogP) is 2.42. The molecule has 6 heteroatoms. The van der Waals surface area contributed by atoms with Gasteiger partial charge in [0.2, 0.25) is 0 Å². The van der Waals surface area contributed by atoms with Crippen molar-refractivity contribution in [3.8, 4) is 11.5 Å². The fraction of sp³-hybridized carbons (Fsp3) is 0.400. The van der Waals surface area contributed by atoms with Crippen LogP contribution in [0.25, 0.3) is 0 Å². The van der Waals surface area contributed by atoms with Crippen molar-refractivity contribution in [3.63, 3.8) is 0 Å². The summed E-state index contributed by atoms with van der Waals surface area (Å²) in [6.45, 7) is 2.42. The molecule has 1 saturated heterocycles. The summed E-state index contributed by atoms with van der Waals surface area (Å²) in [5, 5.41) is 3.18. The zero-order chi connectivity index (χ0) is 17.9. The van der Waals surface area contributed by atoms with Crippen molar-refractivity contribution in [3.05, 3.63) is 47.8 Å². The molecule has 0 radical (unpaired) electrons. The number of benzene rings is 1. The Balaban J connectivity index is 1.46. The quantitative estimate of drug-likeness (QED) is 0.915. The van der Waals surface area contributed by atoms with Crippen molar-refractivity contribution < 1.29 is 14.3 Å². The van der Waals surface area contributed by atoms with Gasteiger partial charge in [0, 0.05) is 42.9 Å². The SMILES string of the molecule is COc1cc(C(=O)NC2CCCN(c3cccnc3)C2)cc2c1OCC2. The maximum atomic E-state index is 12.8. The van der Waals surface area contributed by atoms with E-state index in [1.54, 1.807) is 19.4 Å². The number of methoxy groups -OCH3 is 1. The molecule has 1 N–H and O–H groups in total. The first-order chi connectivity index (χ1) is 12.7. The zero-order valence-corrected chi connectivity index (χ0v) is 14.9. The molecule has 6 nitrogen and oxygen atoms in total. The van der Waals surface area contributed by atoms with E-state index in [2.05, 4.69) is 21.3 Å². The summed E-state index contributed by atoms with van der Waals surface area (Å²) in [6.07, 6.45) is 6.48. The summed E-state index contributed by atoms with van der Waals surface area (Å²) in [5.74, 6) is 1.34. The molecule has 0 spiro atoms. The monoisotopic (exact) mass is 353 g/mol. The molecule has 1 aromatic heterocycles. The van der Waals surface area contributed by atoms with E-state index in [0.717, 1.165) is 49.4 Å². The maximum Gasteiger partial charge on any atom is 0.251 e. The van der Waals surface area contributed by atoms with Crippen LogP contribution < -0.4 is 19.7 Å². The largest absolute Gasteiger partial charge is 0.493 e. The molecule has 1 unspecified atom stereocenters. The number of fused-ring (bicyclic) bond motifs is 1. The molecule has 0 aliphatic carbocycles. The molecule has 26 heavy (non-hydrogen) atoms. The lowest BCUT2D eigenvalue weighted by Gasteiger charge is -2.34. The number of ether oxygens (including phenoxy) is 2. The number of anilines is 1. The van der Waals surface area contributed by atoms with Crippen LogP contribution in [0.2, 0.25) is 0 Å². The number of nitrogens with zero attached hydrogens (tertiary/aromatic N) is 2. The Morgan fingerprint density at radius 1 is 1.42 bits per heavy atom. The van der Waals surface area contributed by atoms with Crippen LogP contribution in [-0.4, -0.2) is 43.7 Å². The third-order valence-electron chi connectivity index (χ3n) is 5.00. The van der Waals surface area contributed by atoms with Crippen LogP contribution in [0.4, 0.5) is 5.69 Å². The fourth-order valence-electron chi connectivity index (χ4n) is 3.69. The van der Waals surface area contributed by atoms with Gasteiger partial charge in [0.05, 0.1) is 25.6 Å². The molecular formula is C20H23N3O3. The molecule has 1 atom stereocenters. The Labute approximate surface area is 153 Å². The molecule has 0 saturated carbocycles. The van der Waals surface area contributed by atoms with Gasteiger partial charge in [-0.25, -0.2) is 0 Å². The first kappa shape index (κ1) is 16.7. The summed E-state index contributed by atoms with van der Waals surface area (Å²) >= 11 is 0. The Morgan fingerprint density at radius 3 is 3.15 bits per heavy atom. The molecule has 1 aromatic carbocycles. The second kappa shape index (κ2) is 7.23. The topological polar surface area (TPSA) is 63.7 Å². The number of carbonyl (C=O) groups is 1. The lowest BCUT2D eigenvalue weighted by atomic mass is 10.0. The average Bonchev–Trinajstić information content (AvgIpc) is 3.17. The summed E-state index contributed by atoms with van der Waals surface area (Å²) in [5.41, 5.74) is 2.77. The molecular weight excluding hydrogens is 330 g/mol. The first-order valence-electron chi connectivity index (χ1n) is 9.04. The lowest BCUT2D eigenvalue weighted by Crippen LogP contribution is -2.47. The minimum atomic E-state index is -0.0592. The van der Waals surface area contributed by atoms with Gasteiger partial charge in [-0.3, -0.25) is 9.78 Å². The predicted molar refractivity (Wildman–Crippen MR) is 99.1 cm³/mol. The first-order valence-corrected chi connectivity index (χ1v) is 9.04. The van der Waals surface area contributed by atoms with Gasteiger partial charge < -0.3 is 19.7 Å². The normalized spacial score (nSPS) is 18.8. The van der Waals surface area contributed by atoms with E-state index in [1.807, 2.05) is 18.3 Å². The van der Waals surface area contributed by atoms with E-state index in [0.29, 0.717) is 17.9 Å². The molecule has 136 valence electrons. The molecule has 2 aromatic rings. The minimum absolute atomic E-state index is 0.0592. The Hall–Kier alpha value is -2.76. The molecule has 1 amide bonds. The van der Waals surface area contributed by atoms with E-state index < -0.39 is 0 Å². The van der Waals surface area contributed by atoms with Crippen LogP contribution in [-0.2, 0) is 6.42 Å². The van der Waals surface area contributed by atoms with Crippen molar-refractivity contribution in [2.24, 2.45) is 0 Å². The number of hydrogen-bond donors (Lipinski definition) is 1. The van der Waals surface area contributed by atoms with Gasteiger partial charge in [-0.1, -0.05) is 0 Å². The Kier molecular flexibility index (Phi) is 4.65. The van der Waals surface area contributed by atoms with Crippen molar-refractivity contribution in [2.45, 2.75) is 25.3 Å². The summed E-state index contributed by atoms with van der Waals surface area (Å²) in [4.78, 5) is 19.3. The van der Waals surface area contributed by atoms with Gasteiger partial charge in [-0.05, 0) is 37.1 Å². The number of aromatic nitrogens is 1. The van der Waals surface area contributed by atoms with Crippen LogP contribution in [0.5, 0.6) is 11.5 Å². The van der Waals surface area contributed by atoms with E-state index >= 15 is 0 Å². The van der Waals surface area contributed by atoms with E-state index in [9.17, 15) is 4.79 Å². The third-order valence-corrected chi connectivity index (χ3v) is 5.00. The number of carbonyl (C=O) groups excluding carboxylic acids is 1. The van der Waals surface area contributed by atoms with Crippen LogP contribution in [0.3, 0.4) is 0 Å². The van der Waals surface area contributed by atoms with Crippen molar-refractivity contribution in [1.82, 2.24) is 10.3 Å². The van der Waals surface area contributed by atoms with Crippen LogP contribution in [0.15, 0.2) is 36.7 Å². The molecule has 1 fully saturated rings. The third kappa shape index (κ3) is 3.31. The minimum Gasteiger partial charge on any atom is -0.493 e. The highest BCUT2D eigenvalue weighted by Crippen LogP contribution is 2.36. The Morgan fingerprint density at radius 2 is 2.35 bits per heavy atom. The van der Waals surface area contributed by atoms with Crippen LogP contribution >= 0.6 is 0 Å². The highest BCUT2D eigenvalue weighted by atomic mass is 16.5. The number of amides is 1. The number of rotatable bonds is 4. The second-order valence-corrected chi connectivity index (χ2v) is 6.74. The Bertz CT molecular complexity index is 794. The smallest absolute Gasteiger partial charge is 0.251 e. The molecule has 3 heterocycles. The molecule has 2 aliphatic rings. The van der Waals surface area contributed by atoms with Crippen LogP contribution in [0, 0.1) is 0 Å². The molecule has 4 rings (SSSR count). The van der Waals surface area contributed by atoms with Gasteiger partial charge >= 0.3 is 0 Å². The highest BCUT2D eigenvalue weighted by molar-refractivity contribution is 5.95. The second-order valence-electron chi connectivity index (χ2n) is 6.74. The summed E-state index contributed by atoms with van der Waals surface area (Å²) < 4.78 is 11.0. The summed E-state index contributed by atoms with van der Waals surface area (Å²) in [7, 11) is 1.60. The van der Waals surface area contributed by atoms with Crippen LogP contribution in [0.1, 0.15) is 28.8 Å². The zero-order valence-electron chi connectivity index (χ0n) is 14.9. The number of hydrogen-bond acceptors (Lipinski definition) is 5. The van der Waals surface area contributed by atoms with Crippen molar-refractivity contribution in [2.75, 3.05) is 31.7 Å². The lowest BCUT2D eigenvalue weighted by molar-refractivity contribution is 0.0932. The van der Waals surface area contributed by atoms with Gasteiger partial charge in [-0.2, -0.15) is 0 Å². The van der Waals surface area contributed by atoms with Gasteiger partial charge in [0.25, 0.3) is 5.91 Å². The van der Waals surface area contributed by atoms with Gasteiger partial charge in [-0.15, -0.1) is 0 Å². The summed E-state index contributed by atoms with van der Waals surface area (Å²) in [6, 6.07) is 7.80. The van der Waals surface area contributed by atoms with E-state index in [-0.39, 0.29) is 11.9 Å².